The number of nitrogens with zero attached hydrogens (tertiary/aromatic N) is 1. The van der Waals surface area contributed by atoms with Crippen LogP contribution in [0.25, 0.3) is 11.1 Å². The van der Waals surface area contributed by atoms with Crippen LogP contribution >= 0.6 is 0 Å². The first-order valence-corrected chi connectivity index (χ1v) is 5.53. The summed E-state index contributed by atoms with van der Waals surface area (Å²) in [6, 6.07) is 9.34. The lowest BCUT2D eigenvalue weighted by molar-refractivity contribution is 1.22. The highest BCUT2D eigenvalue weighted by atomic mass is 16.1. The summed E-state index contributed by atoms with van der Waals surface area (Å²) in [5.41, 5.74) is 8.93. The average Bonchev–Trinajstić information content (AvgIpc) is 2.32. The highest BCUT2D eigenvalue weighted by molar-refractivity contribution is 5.73. The van der Waals surface area contributed by atoms with Crippen LogP contribution < -0.4 is 11.3 Å². The lowest BCUT2D eigenvalue weighted by Crippen LogP contribution is -2.13. The van der Waals surface area contributed by atoms with Crippen LogP contribution in [-0.2, 0) is 0 Å². The van der Waals surface area contributed by atoms with Gasteiger partial charge in [-0.1, -0.05) is 18.2 Å². The molecule has 2 aromatic rings. The highest BCUT2D eigenvalue weighted by Gasteiger charge is 2.10. The number of aromatic amines is 1. The molecule has 0 unspecified atom stereocenters. The van der Waals surface area contributed by atoms with Crippen LogP contribution in [0.1, 0.15) is 16.7 Å². The van der Waals surface area contributed by atoms with Gasteiger partial charge in [-0.05, 0) is 36.6 Å². The van der Waals surface area contributed by atoms with E-state index < -0.39 is 5.56 Å². The van der Waals surface area contributed by atoms with Gasteiger partial charge in [0.2, 0.25) is 0 Å². The zero-order valence-corrected chi connectivity index (χ0v) is 10.2. The van der Waals surface area contributed by atoms with E-state index in [9.17, 15) is 4.79 Å². The topological polar surface area (TPSA) is 82.7 Å². The van der Waals surface area contributed by atoms with E-state index in [0.29, 0.717) is 5.56 Å². The highest BCUT2D eigenvalue weighted by Crippen LogP contribution is 2.24. The molecule has 0 radical (unpaired) electrons. The van der Waals surface area contributed by atoms with Crippen molar-refractivity contribution in [1.82, 2.24) is 4.98 Å². The van der Waals surface area contributed by atoms with E-state index in [1.165, 1.54) is 0 Å². The summed E-state index contributed by atoms with van der Waals surface area (Å²) in [5.74, 6) is 0.257. The predicted octanol–water partition coefficient (Wildman–Crippen LogP) is 2.11. The summed E-state index contributed by atoms with van der Waals surface area (Å²) < 4.78 is 0. The van der Waals surface area contributed by atoms with Gasteiger partial charge in [-0.25, -0.2) is 0 Å². The van der Waals surface area contributed by atoms with Crippen LogP contribution in [0.3, 0.4) is 0 Å². The van der Waals surface area contributed by atoms with E-state index >= 15 is 0 Å². The van der Waals surface area contributed by atoms with Crippen LogP contribution in [-0.4, -0.2) is 4.98 Å². The molecule has 0 saturated heterocycles. The number of nitrogens with one attached hydrogen (secondary N) is 1. The minimum Gasteiger partial charge on any atom is -0.385 e. The molecule has 0 bridgehead atoms. The molecule has 0 aliphatic heterocycles. The van der Waals surface area contributed by atoms with E-state index in [-0.39, 0.29) is 11.4 Å². The quantitative estimate of drug-likeness (QED) is 0.799. The fraction of sp³-hybridized carbons (Fsp3) is 0.143. The summed E-state index contributed by atoms with van der Waals surface area (Å²) in [7, 11) is 0. The first-order valence-electron chi connectivity index (χ1n) is 5.53. The van der Waals surface area contributed by atoms with Crippen LogP contribution in [0.5, 0.6) is 0 Å². The normalized spacial score (nSPS) is 10.1. The fourth-order valence-electron chi connectivity index (χ4n) is 1.83. The van der Waals surface area contributed by atoms with Crippen LogP contribution in [0.15, 0.2) is 29.1 Å². The average molecular weight is 239 g/mol. The first-order chi connectivity index (χ1) is 8.52. The van der Waals surface area contributed by atoms with Gasteiger partial charge in [-0.15, -0.1) is 0 Å². The van der Waals surface area contributed by atoms with Gasteiger partial charge in [0.15, 0.2) is 0 Å². The SMILES string of the molecule is Cc1ccc(-c2cc(N)[nH]c(=O)c2C#N)cc1C. The van der Waals surface area contributed by atoms with E-state index in [4.69, 9.17) is 11.0 Å². The van der Waals surface area contributed by atoms with Crippen molar-refractivity contribution < 1.29 is 0 Å². The third-order valence-corrected chi connectivity index (χ3v) is 2.98. The number of anilines is 1. The number of nitriles is 1. The zero-order chi connectivity index (χ0) is 13.3. The maximum atomic E-state index is 11.7. The Morgan fingerprint density at radius 2 is 1.94 bits per heavy atom. The molecule has 0 saturated carbocycles. The number of hydrogen-bond acceptors (Lipinski definition) is 3. The van der Waals surface area contributed by atoms with Crippen molar-refractivity contribution in [3.8, 4) is 17.2 Å². The van der Waals surface area contributed by atoms with Gasteiger partial charge in [0.1, 0.15) is 17.5 Å². The lowest BCUT2D eigenvalue weighted by Gasteiger charge is -2.07. The van der Waals surface area contributed by atoms with Crippen LogP contribution in [0.2, 0.25) is 0 Å². The van der Waals surface area contributed by atoms with Gasteiger partial charge in [-0.2, -0.15) is 5.26 Å². The number of nitrogen functional groups attached to an aromatic ring is 1. The minimum atomic E-state index is -0.453. The molecule has 90 valence electrons. The zero-order valence-electron chi connectivity index (χ0n) is 10.2. The summed E-state index contributed by atoms with van der Waals surface area (Å²) in [5, 5.41) is 9.06. The Kier molecular flexibility index (Phi) is 2.90. The number of H-pyrrole nitrogens is 1. The Morgan fingerprint density at radius 3 is 2.56 bits per heavy atom. The van der Waals surface area contributed by atoms with E-state index in [2.05, 4.69) is 4.98 Å². The molecule has 0 spiro atoms. The molecule has 0 amide bonds. The smallest absolute Gasteiger partial charge is 0.268 e. The van der Waals surface area contributed by atoms with Gasteiger partial charge < -0.3 is 10.7 Å². The number of pyridine rings is 1. The molecule has 18 heavy (non-hydrogen) atoms. The Bertz CT molecular complexity index is 708. The second-order valence-corrected chi connectivity index (χ2v) is 4.25. The molecular weight excluding hydrogens is 226 g/mol. The summed E-state index contributed by atoms with van der Waals surface area (Å²) >= 11 is 0. The molecule has 1 heterocycles. The van der Waals surface area contributed by atoms with Crippen LogP contribution in [0.4, 0.5) is 5.82 Å². The number of aryl methyl sites for hydroxylation is 2. The Morgan fingerprint density at radius 1 is 1.22 bits per heavy atom. The summed E-state index contributed by atoms with van der Waals surface area (Å²) in [4.78, 5) is 14.1. The van der Waals surface area contributed by atoms with Gasteiger partial charge in [0, 0.05) is 5.56 Å². The molecule has 0 aliphatic rings. The maximum absolute atomic E-state index is 11.7. The van der Waals surface area contributed by atoms with E-state index in [1.807, 2.05) is 38.1 Å². The Labute approximate surface area is 105 Å². The number of nitrogens with two attached hydrogens (primary N) is 1. The molecule has 2 rings (SSSR count). The molecule has 1 aromatic carbocycles. The maximum Gasteiger partial charge on any atom is 0.268 e. The summed E-state index contributed by atoms with van der Waals surface area (Å²) in [6.45, 7) is 4.00. The largest absolute Gasteiger partial charge is 0.385 e. The van der Waals surface area contributed by atoms with Crippen molar-refractivity contribution in [2.24, 2.45) is 0 Å². The monoisotopic (exact) mass is 239 g/mol. The van der Waals surface area contributed by atoms with Crippen LogP contribution in [0, 0.1) is 25.2 Å². The molecule has 3 N–H and O–H groups in total. The molecule has 0 atom stereocenters. The minimum absolute atomic E-state index is 0.0902. The van der Waals surface area contributed by atoms with Gasteiger partial charge in [-0.3, -0.25) is 4.79 Å². The van der Waals surface area contributed by atoms with Crippen molar-refractivity contribution in [1.29, 1.82) is 5.26 Å². The Hall–Kier alpha value is -2.54. The van der Waals surface area contributed by atoms with Crippen molar-refractivity contribution in [3.05, 3.63) is 51.3 Å². The first kappa shape index (κ1) is 11.9. The van der Waals surface area contributed by atoms with E-state index in [1.54, 1.807) is 6.07 Å². The molecule has 4 nitrogen and oxygen atoms in total. The van der Waals surface area contributed by atoms with E-state index in [0.717, 1.165) is 16.7 Å². The molecule has 0 fully saturated rings. The molecule has 4 heteroatoms. The number of hydrogen-bond donors (Lipinski definition) is 2. The lowest BCUT2D eigenvalue weighted by atomic mass is 9.98. The van der Waals surface area contributed by atoms with Gasteiger partial charge >= 0.3 is 0 Å². The predicted molar refractivity (Wildman–Crippen MR) is 71.1 cm³/mol. The second kappa shape index (κ2) is 4.38. The fourth-order valence-corrected chi connectivity index (χ4v) is 1.83. The van der Waals surface area contributed by atoms with Gasteiger partial charge in [0.25, 0.3) is 5.56 Å². The summed E-state index contributed by atoms with van der Waals surface area (Å²) in [6.07, 6.45) is 0. The molecule has 0 aliphatic carbocycles. The number of rotatable bonds is 1. The Balaban J connectivity index is 2.75. The van der Waals surface area contributed by atoms with Gasteiger partial charge in [0.05, 0.1) is 0 Å². The van der Waals surface area contributed by atoms with Crippen molar-refractivity contribution in [3.63, 3.8) is 0 Å². The standard InChI is InChI=1S/C14H13N3O/c1-8-3-4-10(5-9(8)2)11-6-13(16)17-14(18)12(11)7-15/h3-6H,1-2H3,(H3,16,17,18). The van der Waals surface area contributed by atoms with Crippen molar-refractivity contribution >= 4 is 5.82 Å². The van der Waals surface area contributed by atoms with Crippen molar-refractivity contribution in [2.45, 2.75) is 13.8 Å². The number of aromatic nitrogens is 1. The van der Waals surface area contributed by atoms with Crippen molar-refractivity contribution in [2.75, 3.05) is 5.73 Å². The molecular formula is C14H13N3O. The number of benzene rings is 1. The third-order valence-electron chi connectivity index (χ3n) is 2.98. The molecule has 1 aromatic heterocycles. The third kappa shape index (κ3) is 1.98. The second-order valence-electron chi connectivity index (χ2n) is 4.25.